The van der Waals surface area contributed by atoms with Crippen molar-refractivity contribution in [3.05, 3.63) is 36.3 Å². The van der Waals surface area contributed by atoms with E-state index in [9.17, 15) is 13.2 Å². The van der Waals surface area contributed by atoms with E-state index in [1.54, 1.807) is 12.1 Å². The molecule has 0 saturated heterocycles. The molecule has 7 heteroatoms. The number of anilines is 1. The van der Waals surface area contributed by atoms with E-state index in [4.69, 9.17) is 5.73 Å². The molecule has 0 saturated carbocycles. The summed E-state index contributed by atoms with van der Waals surface area (Å²) in [6.45, 7) is 0. The van der Waals surface area contributed by atoms with Gasteiger partial charge in [0.2, 0.25) is 0 Å². The van der Waals surface area contributed by atoms with E-state index in [0.29, 0.717) is 11.8 Å². The average Bonchev–Trinajstić information content (AvgIpc) is 2.28. The van der Waals surface area contributed by atoms with Gasteiger partial charge >= 0.3 is 6.18 Å². The van der Waals surface area contributed by atoms with E-state index < -0.39 is 17.6 Å². The van der Waals surface area contributed by atoms with Crippen LogP contribution in [0.25, 0.3) is 11.4 Å². The number of hydrogen-bond donors (Lipinski definition) is 1. The van der Waals surface area contributed by atoms with Gasteiger partial charge in [-0.25, -0.2) is 9.97 Å². The minimum atomic E-state index is -4.54. The van der Waals surface area contributed by atoms with Crippen LogP contribution in [0.2, 0.25) is 0 Å². The molecule has 0 fully saturated rings. The van der Waals surface area contributed by atoms with Crippen LogP contribution in [0.1, 0.15) is 5.56 Å². The van der Waals surface area contributed by atoms with E-state index in [-0.39, 0.29) is 5.82 Å². The van der Waals surface area contributed by atoms with Crippen LogP contribution in [0.5, 0.6) is 0 Å². The maximum atomic E-state index is 12.4. The van der Waals surface area contributed by atoms with Crippen LogP contribution in [0.3, 0.4) is 0 Å². The van der Waals surface area contributed by atoms with Crippen molar-refractivity contribution in [1.29, 1.82) is 0 Å². The summed E-state index contributed by atoms with van der Waals surface area (Å²) < 4.78 is 37.2. The van der Waals surface area contributed by atoms with Crippen molar-refractivity contribution in [2.75, 3.05) is 5.73 Å². The van der Waals surface area contributed by atoms with Crippen molar-refractivity contribution >= 4 is 5.82 Å². The van der Waals surface area contributed by atoms with Crippen LogP contribution in [0, 0.1) is 0 Å². The minimum Gasteiger partial charge on any atom is -0.383 e. The van der Waals surface area contributed by atoms with Crippen LogP contribution in [0.15, 0.2) is 30.7 Å². The quantitative estimate of drug-likeness (QED) is 0.829. The number of aromatic nitrogens is 3. The Bertz CT molecular complexity index is 525. The summed E-state index contributed by atoms with van der Waals surface area (Å²) in [5.41, 5.74) is 4.72. The molecular formula is C10H7F3N4. The molecular weight excluding hydrogens is 233 g/mol. The van der Waals surface area contributed by atoms with Gasteiger partial charge in [-0.15, -0.1) is 0 Å². The van der Waals surface area contributed by atoms with E-state index in [2.05, 4.69) is 15.0 Å². The zero-order valence-electron chi connectivity index (χ0n) is 8.44. The first-order valence-corrected chi connectivity index (χ1v) is 4.58. The van der Waals surface area contributed by atoms with Crippen molar-refractivity contribution in [3.8, 4) is 11.4 Å². The molecule has 0 spiro atoms. The topological polar surface area (TPSA) is 64.7 Å². The van der Waals surface area contributed by atoms with Gasteiger partial charge in [-0.1, -0.05) is 0 Å². The van der Waals surface area contributed by atoms with Crippen LogP contribution < -0.4 is 5.73 Å². The summed E-state index contributed by atoms with van der Waals surface area (Å²) in [7, 11) is 0. The first kappa shape index (κ1) is 11.3. The van der Waals surface area contributed by atoms with Crippen LogP contribution >= 0.6 is 0 Å². The second-order valence-corrected chi connectivity index (χ2v) is 3.23. The molecule has 2 aromatic rings. The van der Waals surface area contributed by atoms with Gasteiger partial charge in [-0.3, -0.25) is 4.98 Å². The Kier molecular flexibility index (Phi) is 2.66. The zero-order valence-corrected chi connectivity index (χ0v) is 8.44. The Morgan fingerprint density at radius 2 is 1.94 bits per heavy atom. The minimum absolute atomic E-state index is 0.114. The molecule has 88 valence electrons. The number of pyridine rings is 1. The normalized spacial score (nSPS) is 11.5. The summed E-state index contributed by atoms with van der Waals surface area (Å²) in [6.07, 6.45) is -0.888. The molecule has 0 aliphatic carbocycles. The monoisotopic (exact) mass is 240 g/mol. The fourth-order valence-electron chi connectivity index (χ4n) is 1.25. The molecule has 0 amide bonds. The molecule has 17 heavy (non-hydrogen) atoms. The molecule has 0 unspecified atom stereocenters. The van der Waals surface area contributed by atoms with Crippen molar-refractivity contribution in [3.63, 3.8) is 0 Å². The number of nitrogen functional groups attached to an aromatic ring is 1. The van der Waals surface area contributed by atoms with Gasteiger partial charge in [0.05, 0.1) is 0 Å². The Labute approximate surface area is 94.3 Å². The molecule has 0 aliphatic rings. The molecule has 0 aliphatic heterocycles. The Balaban J connectivity index is 2.45. The number of halogens is 3. The van der Waals surface area contributed by atoms with Gasteiger partial charge in [0.1, 0.15) is 11.4 Å². The van der Waals surface area contributed by atoms with Crippen LogP contribution in [0.4, 0.5) is 19.0 Å². The number of alkyl halides is 3. The lowest BCUT2D eigenvalue weighted by atomic mass is 10.2. The lowest BCUT2D eigenvalue weighted by molar-refractivity contribution is -0.137. The number of nitrogens with zero attached hydrogens (tertiary/aromatic N) is 3. The summed E-state index contributed by atoms with van der Waals surface area (Å²) in [5.74, 6) is -0.477. The number of rotatable bonds is 1. The van der Waals surface area contributed by atoms with Crippen molar-refractivity contribution in [2.45, 2.75) is 6.18 Å². The summed E-state index contributed by atoms with van der Waals surface area (Å²) in [4.78, 5) is 11.1. The van der Waals surface area contributed by atoms with Crippen molar-refractivity contribution in [2.24, 2.45) is 0 Å². The molecule has 2 rings (SSSR count). The molecule has 2 aromatic heterocycles. The highest BCUT2D eigenvalue weighted by Crippen LogP contribution is 2.32. The summed E-state index contributed by atoms with van der Waals surface area (Å²) in [5, 5.41) is 0. The highest BCUT2D eigenvalue weighted by molar-refractivity contribution is 5.56. The van der Waals surface area contributed by atoms with Gasteiger partial charge in [-0.2, -0.15) is 13.2 Å². The second kappa shape index (κ2) is 4.00. The third kappa shape index (κ3) is 2.32. The zero-order chi connectivity index (χ0) is 12.5. The second-order valence-electron chi connectivity index (χ2n) is 3.23. The molecule has 4 nitrogen and oxygen atoms in total. The van der Waals surface area contributed by atoms with E-state index >= 15 is 0 Å². The molecule has 0 bridgehead atoms. The molecule has 0 aromatic carbocycles. The van der Waals surface area contributed by atoms with E-state index in [0.717, 1.165) is 0 Å². The summed E-state index contributed by atoms with van der Waals surface area (Å²) in [6, 6.07) is 3.27. The first-order chi connectivity index (χ1) is 7.98. The fraction of sp³-hybridized carbons (Fsp3) is 0.100. The lowest BCUT2D eigenvalue weighted by Gasteiger charge is -2.09. The Morgan fingerprint density at radius 1 is 1.18 bits per heavy atom. The Hall–Kier alpha value is -2.18. The third-order valence-electron chi connectivity index (χ3n) is 2.04. The van der Waals surface area contributed by atoms with Gasteiger partial charge in [0.15, 0.2) is 5.82 Å². The highest BCUT2D eigenvalue weighted by Gasteiger charge is 2.34. The van der Waals surface area contributed by atoms with Crippen molar-refractivity contribution in [1.82, 2.24) is 15.0 Å². The predicted octanol–water partition coefficient (Wildman–Crippen LogP) is 2.14. The third-order valence-corrected chi connectivity index (χ3v) is 2.04. The predicted molar refractivity (Wildman–Crippen MR) is 54.7 cm³/mol. The maximum Gasteiger partial charge on any atom is 0.421 e. The van der Waals surface area contributed by atoms with Gasteiger partial charge in [-0.05, 0) is 12.1 Å². The van der Waals surface area contributed by atoms with E-state index in [1.807, 2.05) is 0 Å². The number of hydrogen-bond acceptors (Lipinski definition) is 4. The summed E-state index contributed by atoms with van der Waals surface area (Å²) >= 11 is 0. The van der Waals surface area contributed by atoms with Crippen LogP contribution in [-0.2, 0) is 6.18 Å². The average molecular weight is 240 g/mol. The molecule has 2 N–H and O–H groups in total. The van der Waals surface area contributed by atoms with E-state index in [1.165, 1.54) is 12.4 Å². The SMILES string of the molecule is Nc1nc(-c2cccnc2)ncc1C(F)(F)F. The molecule has 0 atom stereocenters. The van der Waals surface area contributed by atoms with Gasteiger partial charge in [0, 0.05) is 24.2 Å². The number of nitrogens with two attached hydrogens (primary N) is 1. The Morgan fingerprint density at radius 3 is 2.47 bits per heavy atom. The largest absolute Gasteiger partial charge is 0.421 e. The van der Waals surface area contributed by atoms with Gasteiger partial charge in [0.25, 0.3) is 0 Å². The lowest BCUT2D eigenvalue weighted by Crippen LogP contribution is -2.11. The first-order valence-electron chi connectivity index (χ1n) is 4.58. The highest BCUT2D eigenvalue weighted by atomic mass is 19.4. The molecule has 0 radical (unpaired) electrons. The van der Waals surface area contributed by atoms with Crippen LogP contribution in [-0.4, -0.2) is 15.0 Å². The van der Waals surface area contributed by atoms with Crippen molar-refractivity contribution < 1.29 is 13.2 Å². The standard InChI is InChI=1S/C10H7F3N4/c11-10(12,13)7-5-16-9(17-8(7)14)6-2-1-3-15-4-6/h1-5H,(H2,14,16,17). The smallest absolute Gasteiger partial charge is 0.383 e. The maximum absolute atomic E-state index is 12.4. The van der Waals surface area contributed by atoms with Gasteiger partial charge < -0.3 is 5.73 Å². The fourth-order valence-corrected chi connectivity index (χ4v) is 1.25. The molecule has 2 heterocycles.